The lowest BCUT2D eigenvalue weighted by Gasteiger charge is -2.16. The van der Waals surface area contributed by atoms with Crippen LogP contribution in [0.15, 0.2) is 23.1 Å². The molecule has 2 N–H and O–H groups in total. The molecule has 1 aromatic carbocycles. The Bertz CT molecular complexity index is 534. The summed E-state index contributed by atoms with van der Waals surface area (Å²) in [6, 6.07) is 4.71. The van der Waals surface area contributed by atoms with Crippen molar-refractivity contribution in [1.29, 1.82) is 0 Å². The SMILES string of the molecule is NCC(=O)c1ccc2c(c1)CCCS2(=O)=O. The Labute approximate surface area is 94.4 Å². The van der Waals surface area contributed by atoms with E-state index >= 15 is 0 Å². The minimum Gasteiger partial charge on any atom is -0.324 e. The molecular weight excluding hydrogens is 226 g/mol. The Morgan fingerprint density at radius 2 is 2.12 bits per heavy atom. The molecule has 16 heavy (non-hydrogen) atoms. The van der Waals surface area contributed by atoms with Gasteiger partial charge in [0.2, 0.25) is 0 Å². The van der Waals surface area contributed by atoms with Crippen LogP contribution >= 0.6 is 0 Å². The predicted octanol–water partition coefficient (Wildman–Crippen LogP) is 0.548. The standard InChI is InChI=1S/C11H13NO3S/c12-7-10(13)8-3-4-11-9(6-8)2-1-5-16(11,14)15/h3-4,6H,1-2,5,7,12H2. The molecule has 1 aromatic rings. The molecule has 2 rings (SSSR count). The van der Waals surface area contributed by atoms with Crippen molar-refractivity contribution in [2.24, 2.45) is 5.73 Å². The summed E-state index contributed by atoms with van der Waals surface area (Å²) in [6.07, 6.45) is 1.33. The Balaban J connectivity index is 2.52. The molecule has 0 saturated heterocycles. The van der Waals surface area contributed by atoms with Gasteiger partial charge in [-0.05, 0) is 30.5 Å². The van der Waals surface area contributed by atoms with Crippen molar-refractivity contribution in [3.8, 4) is 0 Å². The van der Waals surface area contributed by atoms with Gasteiger partial charge in [0.15, 0.2) is 15.6 Å². The van der Waals surface area contributed by atoms with Crippen LogP contribution in [0.25, 0.3) is 0 Å². The van der Waals surface area contributed by atoms with Crippen molar-refractivity contribution in [2.45, 2.75) is 17.7 Å². The second-order valence-corrected chi connectivity index (χ2v) is 5.95. The van der Waals surface area contributed by atoms with E-state index in [9.17, 15) is 13.2 Å². The third kappa shape index (κ3) is 1.88. The van der Waals surface area contributed by atoms with E-state index in [4.69, 9.17) is 5.73 Å². The Kier molecular flexibility index (Phi) is 2.82. The molecule has 0 saturated carbocycles. The summed E-state index contributed by atoms with van der Waals surface area (Å²) in [4.78, 5) is 11.8. The van der Waals surface area contributed by atoms with Crippen molar-refractivity contribution >= 4 is 15.6 Å². The molecule has 1 heterocycles. The molecule has 0 aliphatic carbocycles. The van der Waals surface area contributed by atoms with Crippen molar-refractivity contribution in [1.82, 2.24) is 0 Å². The van der Waals surface area contributed by atoms with Crippen LogP contribution in [0, 0.1) is 0 Å². The van der Waals surface area contributed by atoms with E-state index in [2.05, 4.69) is 0 Å². The third-order valence-corrected chi connectivity index (χ3v) is 4.66. The Hall–Kier alpha value is -1.20. The first kappa shape index (κ1) is 11.3. The Morgan fingerprint density at radius 3 is 2.81 bits per heavy atom. The molecule has 0 aromatic heterocycles. The number of fused-ring (bicyclic) bond motifs is 1. The fraction of sp³-hybridized carbons (Fsp3) is 0.364. The van der Waals surface area contributed by atoms with E-state index < -0.39 is 9.84 Å². The molecule has 0 radical (unpaired) electrons. The van der Waals surface area contributed by atoms with E-state index in [1.807, 2.05) is 0 Å². The highest BCUT2D eigenvalue weighted by Gasteiger charge is 2.23. The Morgan fingerprint density at radius 1 is 1.38 bits per heavy atom. The molecule has 1 aliphatic rings. The minimum atomic E-state index is -3.13. The van der Waals surface area contributed by atoms with Gasteiger partial charge < -0.3 is 5.73 Å². The van der Waals surface area contributed by atoms with Crippen LogP contribution in [-0.4, -0.2) is 26.5 Å². The molecule has 0 spiro atoms. The van der Waals surface area contributed by atoms with Gasteiger partial charge in [0.25, 0.3) is 0 Å². The van der Waals surface area contributed by atoms with Gasteiger partial charge in [-0.2, -0.15) is 0 Å². The number of nitrogens with two attached hydrogens (primary N) is 1. The molecular formula is C11H13NO3S. The number of hydrogen-bond donors (Lipinski definition) is 1. The monoisotopic (exact) mass is 239 g/mol. The van der Waals surface area contributed by atoms with Crippen LogP contribution in [-0.2, 0) is 16.3 Å². The molecule has 0 amide bonds. The maximum Gasteiger partial charge on any atom is 0.178 e. The lowest BCUT2D eigenvalue weighted by Crippen LogP contribution is -2.18. The van der Waals surface area contributed by atoms with Gasteiger partial charge >= 0.3 is 0 Å². The van der Waals surface area contributed by atoms with Crippen LogP contribution in [0.3, 0.4) is 0 Å². The van der Waals surface area contributed by atoms with Crippen LogP contribution < -0.4 is 5.73 Å². The number of aryl methyl sites for hydroxylation is 1. The molecule has 86 valence electrons. The zero-order valence-corrected chi connectivity index (χ0v) is 9.59. The average molecular weight is 239 g/mol. The maximum absolute atomic E-state index is 11.7. The number of sulfone groups is 1. The van der Waals surface area contributed by atoms with Gasteiger partial charge in [-0.25, -0.2) is 8.42 Å². The maximum atomic E-state index is 11.7. The molecule has 0 unspecified atom stereocenters. The van der Waals surface area contributed by atoms with E-state index in [0.29, 0.717) is 23.3 Å². The molecule has 0 atom stereocenters. The molecule has 0 bridgehead atoms. The number of ketones is 1. The van der Waals surface area contributed by atoms with E-state index in [1.165, 1.54) is 12.1 Å². The van der Waals surface area contributed by atoms with Crippen LogP contribution in [0.1, 0.15) is 22.3 Å². The highest BCUT2D eigenvalue weighted by atomic mass is 32.2. The summed E-state index contributed by atoms with van der Waals surface area (Å²) in [5.74, 6) is 0.0373. The van der Waals surface area contributed by atoms with Crippen molar-refractivity contribution in [3.05, 3.63) is 29.3 Å². The zero-order valence-electron chi connectivity index (χ0n) is 8.77. The third-order valence-electron chi connectivity index (χ3n) is 2.76. The largest absolute Gasteiger partial charge is 0.324 e. The lowest BCUT2D eigenvalue weighted by atomic mass is 10.0. The van der Waals surface area contributed by atoms with Gasteiger partial charge in [0.05, 0.1) is 17.2 Å². The zero-order chi connectivity index (χ0) is 11.8. The van der Waals surface area contributed by atoms with E-state index in [0.717, 1.165) is 5.56 Å². The normalized spacial score (nSPS) is 17.8. The average Bonchev–Trinajstić information content (AvgIpc) is 2.27. The number of carbonyl (C=O) groups excluding carboxylic acids is 1. The van der Waals surface area contributed by atoms with Gasteiger partial charge in [-0.15, -0.1) is 0 Å². The highest BCUT2D eigenvalue weighted by Crippen LogP contribution is 2.25. The van der Waals surface area contributed by atoms with Crippen LogP contribution in [0.4, 0.5) is 0 Å². The summed E-state index contributed by atoms with van der Waals surface area (Å²) in [5, 5.41) is 0. The van der Waals surface area contributed by atoms with Gasteiger partial charge in [0.1, 0.15) is 0 Å². The topological polar surface area (TPSA) is 77.2 Å². The van der Waals surface area contributed by atoms with Gasteiger partial charge in [-0.3, -0.25) is 4.79 Å². The number of benzene rings is 1. The predicted molar refractivity (Wildman–Crippen MR) is 60.2 cm³/mol. The van der Waals surface area contributed by atoms with Crippen LogP contribution in [0.5, 0.6) is 0 Å². The fourth-order valence-electron chi connectivity index (χ4n) is 1.93. The van der Waals surface area contributed by atoms with E-state index in [-0.39, 0.29) is 18.1 Å². The smallest absolute Gasteiger partial charge is 0.178 e. The second-order valence-electron chi connectivity index (χ2n) is 3.87. The molecule has 0 fully saturated rings. The number of rotatable bonds is 2. The highest BCUT2D eigenvalue weighted by molar-refractivity contribution is 7.91. The van der Waals surface area contributed by atoms with Crippen molar-refractivity contribution in [3.63, 3.8) is 0 Å². The van der Waals surface area contributed by atoms with Crippen molar-refractivity contribution < 1.29 is 13.2 Å². The van der Waals surface area contributed by atoms with Gasteiger partial charge in [0, 0.05) is 5.56 Å². The second kappa shape index (κ2) is 3.99. The first-order chi connectivity index (χ1) is 7.54. The van der Waals surface area contributed by atoms with E-state index in [1.54, 1.807) is 6.07 Å². The molecule has 1 aliphatic heterocycles. The first-order valence-corrected chi connectivity index (χ1v) is 6.79. The van der Waals surface area contributed by atoms with Gasteiger partial charge in [-0.1, -0.05) is 6.07 Å². The van der Waals surface area contributed by atoms with Crippen LogP contribution in [0.2, 0.25) is 0 Å². The molecule has 5 heteroatoms. The quantitative estimate of drug-likeness (QED) is 0.764. The number of carbonyl (C=O) groups is 1. The number of hydrogen-bond acceptors (Lipinski definition) is 4. The lowest BCUT2D eigenvalue weighted by molar-refractivity contribution is 0.100. The summed E-state index contributed by atoms with van der Waals surface area (Å²) in [7, 11) is -3.13. The first-order valence-electron chi connectivity index (χ1n) is 5.13. The van der Waals surface area contributed by atoms with Crippen molar-refractivity contribution in [2.75, 3.05) is 12.3 Å². The molecule has 4 nitrogen and oxygen atoms in total. The fourth-order valence-corrected chi connectivity index (χ4v) is 3.51. The summed E-state index contributed by atoms with van der Waals surface area (Å²) in [6.45, 7) is -0.0501. The summed E-state index contributed by atoms with van der Waals surface area (Å²) < 4.78 is 23.4. The summed E-state index contributed by atoms with van der Waals surface area (Å²) >= 11 is 0. The number of Topliss-reactive ketones (excluding diaryl/α,β-unsaturated/α-hetero) is 1. The minimum absolute atomic E-state index is 0.0501. The summed E-state index contributed by atoms with van der Waals surface area (Å²) in [5.41, 5.74) is 6.51.